The van der Waals surface area contributed by atoms with Crippen LogP contribution in [0.5, 0.6) is 0 Å². The standard InChI is InChI=1S/C24H28N6O3/c31-22(25-14-7-2-5-11-20-27-28-21-12-6-8-15-29(20)21)17-19-23(32)30(24(33)26-19)16-13-18-9-3-1-4-10-18/h1,3-4,6,8-10,12,15,19H,2,5,7,11,13-14,16-17H2,(H,25,31)(H,26,33)/t19-/m0/s1. The number of carbonyl (C=O) groups excluding carboxylic acids is 3. The maximum absolute atomic E-state index is 12.5. The fraction of sp³-hybridized carbons (Fsp3) is 0.375. The normalized spacial score (nSPS) is 15.8. The number of hydrogen-bond donors (Lipinski definition) is 2. The Hall–Kier alpha value is -3.75. The number of amides is 4. The van der Waals surface area contributed by atoms with E-state index in [1.54, 1.807) is 0 Å². The molecule has 2 aromatic heterocycles. The smallest absolute Gasteiger partial charge is 0.324 e. The van der Waals surface area contributed by atoms with Gasteiger partial charge in [0.05, 0.1) is 6.42 Å². The largest absolute Gasteiger partial charge is 0.356 e. The van der Waals surface area contributed by atoms with Crippen molar-refractivity contribution >= 4 is 23.5 Å². The van der Waals surface area contributed by atoms with Crippen molar-refractivity contribution in [1.29, 1.82) is 0 Å². The molecule has 172 valence electrons. The second-order valence-corrected chi connectivity index (χ2v) is 8.14. The van der Waals surface area contributed by atoms with Crippen LogP contribution in [0, 0.1) is 0 Å². The number of benzene rings is 1. The maximum Gasteiger partial charge on any atom is 0.324 e. The summed E-state index contributed by atoms with van der Waals surface area (Å²) in [5, 5.41) is 13.8. The third kappa shape index (κ3) is 5.74. The van der Waals surface area contributed by atoms with Gasteiger partial charge in [-0.05, 0) is 37.0 Å². The molecule has 9 nitrogen and oxygen atoms in total. The molecule has 0 radical (unpaired) electrons. The molecular formula is C24H28N6O3. The predicted octanol–water partition coefficient (Wildman–Crippen LogP) is 2.11. The van der Waals surface area contributed by atoms with Crippen LogP contribution in [0.3, 0.4) is 0 Å². The van der Waals surface area contributed by atoms with Gasteiger partial charge < -0.3 is 10.6 Å². The molecule has 0 bridgehead atoms. The molecule has 9 heteroatoms. The lowest BCUT2D eigenvalue weighted by Gasteiger charge is -2.13. The van der Waals surface area contributed by atoms with Crippen LogP contribution in [0.25, 0.3) is 5.65 Å². The van der Waals surface area contributed by atoms with Gasteiger partial charge in [0.2, 0.25) is 5.91 Å². The molecule has 1 saturated heterocycles. The highest BCUT2D eigenvalue weighted by Gasteiger charge is 2.38. The predicted molar refractivity (Wildman–Crippen MR) is 122 cm³/mol. The Labute approximate surface area is 192 Å². The molecule has 2 N–H and O–H groups in total. The summed E-state index contributed by atoms with van der Waals surface area (Å²) in [6, 6.07) is 14.3. The third-order valence-corrected chi connectivity index (χ3v) is 5.75. The van der Waals surface area contributed by atoms with Crippen LogP contribution < -0.4 is 10.6 Å². The zero-order valence-corrected chi connectivity index (χ0v) is 18.4. The Bertz CT molecular complexity index is 1110. The number of pyridine rings is 1. The molecule has 1 fully saturated rings. The van der Waals surface area contributed by atoms with E-state index in [9.17, 15) is 14.4 Å². The summed E-state index contributed by atoms with van der Waals surface area (Å²) in [4.78, 5) is 38.1. The van der Waals surface area contributed by atoms with E-state index in [0.717, 1.165) is 42.7 Å². The lowest BCUT2D eigenvalue weighted by molar-refractivity contribution is -0.130. The highest BCUT2D eigenvalue weighted by molar-refractivity contribution is 6.05. The molecule has 3 heterocycles. The van der Waals surface area contributed by atoms with Gasteiger partial charge in [-0.15, -0.1) is 10.2 Å². The van der Waals surface area contributed by atoms with Crippen LogP contribution in [-0.4, -0.2) is 56.5 Å². The van der Waals surface area contributed by atoms with Crippen molar-refractivity contribution in [3.05, 3.63) is 66.1 Å². The number of rotatable bonds is 11. The molecule has 1 aliphatic rings. The van der Waals surface area contributed by atoms with E-state index in [2.05, 4.69) is 20.8 Å². The highest BCUT2D eigenvalue weighted by atomic mass is 16.2. The lowest BCUT2D eigenvalue weighted by Crippen LogP contribution is -2.37. The number of aryl methyl sites for hydroxylation is 1. The SMILES string of the molecule is O=C(C[C@@H]1NC(=O)N(CCc2ccccc2)C1=O)NCCCCCc1nnc2ccccn12. The number of carbonyl (C=O) groups is 3. The zero-order chi connectivity index (χ0) is 23.0. The van der Waals surface area contributed by atoms with Gasteiger partial charge in [0.25, 0.3) is 5.91 Å². The van der Waals surface area contributed by atoms with E-state index < -0.39 is 12.1 Å². The number of fused-ring (bicyclic) bond motifs is 1. The van der Waals surface area contributed by atoms with Crippen molar-refractivity contribution in [3.8, 4) is 0 Å². The van der Waals surface area contributed by atoms with E-state index in [4.69, 9.17) is 0 Å². The first-order chi connectivity index (χ1) is 16.1. The Morgan fingerprint density at radius 2 is 1.79 bits per heavy atom. The second kappa shape index (κ2) is 10.7. The lowest BCUT2D eigenvalue weighted by atomic mass is 10.1. The monoisotopic (exact) mass is 448 g/mol. The number of aromatic nitrogens is 3. The summed E-state index contributed by atoms with van der Waals surface area (Å²) in [7, 11) is 0. The number of nitrogens with one attached hydrogen (secondary N) is 2. The molecule has 33 heavy (non-hydrogen) atoms. The summed E-state index contributed by atoms with van der Waals surface area (Å²) >= 11 is 0. The molecule has 4 amide bonds. The van der Waals surface area contributed by atoms with Gasteiger partial charge in [0.1, 0.15) is 11.9 Å². The molecular weight excluding hydrogens is 420 g/mol. The van der Waals surface area contributed by atoms with Gasteiger partial charge in [0.15, 0.2) is 5.65 Å². The minimum absolute atomic E-state index is 0.0435. The van der Waals surface area contributed by atoms with Crippen molar-refractivity contribution in [3.63, 3.8) is 0 Å². The molecule has 1 aromatic carbocycles. The summed E-state index contributed by atoms with van der Waals surface area (Å²) < 4.78 is 1.98. The van der Waals surface area contributed by atoms with Gasteiger partial charge >= 0.3 is 6.03 Å². The van der Waals surface area contributed by atoms with Crippen LogP contribution in [0.15, 0.2) is 54.7 Å². The molecule has 0 unspecified atom stereocenters. The topological polar surface area (TPSA) is 109 Å². The van der Waals surface area contributed by atoms with E-state index in [0.29, 0.717) is 19.5 Å². The van der Waals surface area contributed by atoms with Gasteiger partial charge in [-0.1, -0.05) is 42.8 Å². The Morgan fingerprint density at radius 3 is 2.64 bits per heavy atom. The van der Waals surface area contributed by atoms with Gasteiger partial charge in [0, 0.05) is 25.7 Å². The maximum atomic E-state index is 12.5. The Balaban J connectivity index is 1.12. The molecule has 1 atom stereocenters. The first-order valence-electron chi connectivity index (χ1n) is 11.3. The fourth-order valence-electron chi connectivity index (χ4n) is 3.94. The van der Waals surface area contributed by atoms with Crippen molar-refractivity contribution in [2.75, 3.05) is 13.1 Å². The van der Waals surface area contributed by atoms with Crippen molar-refractivity contribution in [2.45, 2.75) is 44.6 Å². The summed E-state index contributed by atoms with van der Waals surface area (Å²) in [5.74, 6) is 0.357. The van der Waals surface area contributed by atoms with E-state index in [1.807, 2.05) is 59.1 Å². The van der Waals surface area contributed by atoms with Gasteiger partial charge in [-0.3, -0.25) is 18.9 Å². The van der Waals surface area contributed by atoms with Crippen LogP contribution in [0.2, 0.25) is 0 Å². The van der Waals surface area contributed by atoms with Crippen LogP contribution in [0.1, 0.15) is 37.1 Å². The molecule has 3 aromatic rings. The minimum Gasteiger partial charge on any atom is -0.356 e. The quantitative estimate of drug-likeness (QED) is 0.345. The number of nitrogens with zero attached hydrogens (tertiary/aromatic N) is 4. The third-order valence-electron chi connectivity index (χ3n) is 5.75. The Kier molecular flexibility index (Phi) is 7.29. The molecule has 0 aliphatic carbocycles. The molecule has 0 saturated carbocycles. The Morgan fingerprint density at radius 1 is 0.970 bits per heavy atom. The average molecular weight is 449 g/mol. The number of urea groups is 1. The van der Waals surface area contributed by atoms with Crippen molar-refractivity contribution in [1.82, 2.24) is 30.1 Å². The first kappa shape index (κ1) is 22.4. The van der Waals surface area contributed by atoms with Crippen molar-refractivity contribution < 1.29 is 14.4 Å². The average Bonchev–Trinajstić information content (AvgIpc) is 3.35. The second-order valence-electron chi connectivity index (χ2n) is 8.14. The molecule has 4 rings (SSSR count). The number of hydrogen-bond acceptors (Lipinski definition) is 5. The van der Waals surface area contributed by atoms with Crippen LogP contribution in [0.4, 0.5) is 4.79 Å². The zero-order valence-electron chi connectivity index (χ0n) is 18.4. The van der Waals surface area contributed by atoms with E-state index in [1.165, 1.54) is 4.90 Å². The highest BCUT2D eigenvalue weighted by Crippen LogP contribution is 2.12. The summed E-state index contributed by atoms with van der Waals surface area (Å²) in [6.07, 6.45) is 6.03. The van der Waals surface area contributed by atoms with Crippen LogP contribution >= 0.6 is 0 Å². The molecule has 1 aliphatic heterocycles. The van der Waals surface area contributed by atoms with Crippen molar-refractivity contribution in [2.24, 2.45) is 0 Å². The van der Waals surface area contributed by atoms with Gasteiger partial charge in [-0.25, -0.2) is 4.79 Å². The first-order valence-corrected chi connectivity index (χ1v) is 11.3. The van der Waals surface area contributed by atoms with Crippen LogP contribution in [-0.2, 0) is 22.4 Å². The fourth-order valence-corrected chi connectivity index (χ4v) is 3.94. The number of imide groups is 1. The molecule has 0 spiro atoms. The van der Waals surface area contributed by atoms with Gasteiger partial charge in [-0.2, -0.15) is 0 Å². The van der Waals surface area contributed by atoms with E-state index in [-0.39, 0.29) is 18.2 Å². The minimum atomic E-state index is -0.797. The van der Waals surface area contributed by atoms with E-state index >= 15 is 0 Å². The summed E-state index contributed by atoms with van der Waals surface area (Å²) in [6.45, 7) is 0.833. The summed E-state index contributed by atoms with van der Waals surface area (Å²) in [5.41, 5.74) is 1.89. The number of unbranched alkanes of at least 4 members (excludes halogenated alkanes) is 2.